The lowest BCUT2D eigenvalue weighted by molar-refractivity contribution is -0.138. The lowest BCUT2D eigenvalue weighted by Gasteiger charge is -2.23. The van der Waals surface area contributed by atoms with Crippen molar-refractivity contribution in [3.8, 4) is 28.4 Å². The molecule has 0 radical (unpaired) electrons. The highest BCUT2D eigenvalue weighted by Gasteiger charge is 2.38. The van der Waals surface area contributed by atoms with E-state index in [1.165, 1.54) is 110 Å². The molecule has 35 heteroatoms. The van der Waals surface area contributed by atoms with E-state index in [0.717, 1.165) is 72.6 Å². The van der Waals surface area contributed by atoms with Gasteiger partial charge in [-0.05, 0) is 187 Å². The summed E-state index contributed by atoms with van der Waals surface area (Å²) in [5.41, 5.74) is 10.1. The van der Waals surface area contributed by atoms with Gasteiger partial charge >= 0.3 is 29.8 Å². The third kappa shape index (κ3) is 26.1. The van der Waals surface area contributed by atoms with E-state index in [-0.39, 0.29) is 29.5 Å². The zero-order valence-corrected chi connectivity index (χ0v) is 83.4. The molecular formula is C104H111N15O15S5. The molecule has 0 spiro atoms. The fraction of sp³-hybridized carbons (Fsp3) is 0.279. The van der Waals surface area contributed by atoms with Crippen molar-refractivity contribution in [2.45, 2.75) is 178 Å². The summed E-state index contributed by atoms with van der Waals surface area (Å²) in [6, 6.07) is 64.0. The minimum absolute atomic E-state index is 0.339. The number of aliphatic carboxylic acids is 5. The van der Waals surface area contributed by atoms with E-state index in [1.54, 1.807) is 100 Å². The van der Waals surface area contributed by atoms with Crippen LogP contribution >= 0.6 is 58.8 Å². The van der Waals surface area contributed by atoms with Gasteiger partial charge in [-0.1, -0.05) is 237 Å². The fourth-order valence-corrected chi connectivity index (χ4v) is 20.1. The van der Waals surface area contributed by atoms with E-state index in [9.17, 15) is 47.9 Å². The number of amides is 5. The van der Waals surface area contributed by atoms with E-state index in [4.69, 9.17) is 25.5 Å². The number of carbonyl (C=O) groups is 10. The quantitative estimate of drug-likeness (QED) is 0.0171. The second kappa shape index (κ2) is 45.5. The third-order valence-corrected chi connectivity index (χ3v) is 28.5. The van der Waals surface area contributed by atoms with Gasteiger partial charge in [-0.2, -0.15) is 0 Å². The molecule has 0 atom stereocenters. The Morgan fingerprint density at radius 2 is 0.590 bits per heavy atom. The van der Waals surface area contributed by atoms with Gasteiger partial charge in [-0.3, -0.25) is 70.8 Å². The van der Waals surface area contributed by atoms with Gasteiger partial charge in [0.05, 0.1) is 52.2 Å². The first kappa shape index (κ1) is 104. The van der Waals surface area contributed by atoms with Crippen LogP contribution in [0.1, 0.15) is 137 Å². The van der Waals surface area contributed by atoms with E-state index in [1.807, 2.05) is 145 Å². The number of hydrogen-bond donors (Lipinski definition) is 10. The molecule has 5 aromatic heterocycles. The summed E-state index contributed by atoms with van der Waals surface area (Å²) in [7, 11) is 0. The van der Waals surface area contributed by atoms with Gasteiger partial charge in [0.1, 0.15) is 32.7 Å². The van der Waals surface area contributed by atoms with Crippen molar-refractivity contribution in [3.05, 3.63) is 272 Å². The Hall–Kier alpha value is -14.0. The predicted octanol–water partition coefficient (Wildman–Crippen LogP) is 18.4. The zero-order chi connectivity index (χ0) is 100. The Morgan fingerprint density at radius 1 is 0.324 bits per heavy atom. The average molecular weight is 1970 g/mol. The van der Waals surface area contributed by atoms with Crippen molar-refractivity contribution in [2.75, 3.05) is 32.7 Å². The third-order valence-electron chi connectivity index (χ3n) is 22.6. The van der Waals surface area contributed by atoms with E-state index in [0.29, 0.717) is 37.6 Å². The maximum absolute atomic E-state index is 12.4. The van der Waals surface area contributed by atoms with Gasteiger partial charge in [-0.15, -0.1) is 0 Å². The summed E-state index contributed by atoms with van der Waals surface area (Å²) in [6.07, 6.45) is 21.3. The highest BCUT2D eigenvalue weighted by Crippen LogP contribution is 2.46. The van der Waals surface area contributed by atoms with Crippen LogP contribution < -0.4 is 26.6 Å². The Labute approximate surface area is 825 Å². The zero-order valence-electron chi connectivity index (χ0n) is 79.3. The maximum atomic E-state index is 12.4. The van der Waals surface area contributed by atoms with Crippen LogP contribution in [0, 0.1) is 6.92 Å². The van der Waals surface area contributed by atoms with Crippen molar-refractivity contribution in [1.29, 1.82) is 0 Å². The number of carbonyl (C=O) groups excluding carboxylic acids is 5. The molecule has 16 rings (SSSR count). The molecule has 5 heterocycles. The first-order chi connectivity index (χ1) is 66.1. The number of imidazole rings is 5. The van der Waals surface area contributed by atoms with Crippen molar-refractivity contribution >= 4 is 172 Å². The first-order valence-electron chi connectivity index (χ1n) is 44.7. The number of thioether (sulfide) groups is 5. The number of carboxylic acid groups (broad SMARTS) is 5. The van der Waals surface area contributed by atoms with Crippen LogP contribution in [-0.2, 0) is 54.4 Å². The van der Waals surface area contributed by atoms with Crippen LogP contribution in [0.2, 0.25) is 0 Å². The summed E-state index contributed by atoms with van der Waals surface area (Å²) < 4.78 is 5.46. The molecule has 139 heavy (non-hydrogen) atoms. The number of aryl methyl sites for hydroxylation is 2. The van der Waals surface area contributed by atoms with Crippen LogP contribution in [0.4, 0.5) is 0 Å². The Balaban J connectivity index is 0.000000156. The lowest BCUT2D eigenvalue weighted by atomic mass is 9.95. The second-order valence-electron chi connectivity index (χ2n) is 35.3. The Morgan fingerprint density at radius 3 is 0.928 bits per heavy atom. The predicted molar refractivity (Wildman–Crippen MR) is 548 cm³/mol. The molecule has 722 valence electrons. The van der Waals surface area contributed by atoms with Crippen LogP contribution in [0.15, 0.2) is 276 Å². The van der Waals surface area contributed by atoms with Crippen molar-refractivity contribution in [3.63, 3.8) is 0 Å². The van der Waals surface area contributed by atoms with Crippen LogP contribution in [0.3, 0.4) is 0 Å². The number of benzene rings is 10. The van der Waals surface area contributed by atoms with Gasteiger partial charge in [0.2, 0.25) is 29.5 Å². The highest BCUT2D eigenvalue weighted by atomic mass is 32.2. The van der Waals surface area contributed by atoms with Crippen molar-refractivity contribution in [2.24, 2.45) is 0 Å². The maximum Gasteiger partial charge on any atom is 0.322 e. The van der Waals surface area contributed by atoms with Crippen LogP contribution in [0.5, 0.6) is 0 Å². The minimum Gasteiger partial charge on any atom is -0.480 e. The molecule has 10 N–H and O–H groups in total. The summed E-state index contributed by atoms with van der Waals surface area (Å²) >= 11 is 6.49. The number of aromatic nitrogens is 10. The van der Waals surface area contributed by atoms with E-state index in [2.05, 4.69) is 176 Å². The average Bonchev–Trinajstić information content (AvgIpc) is 1.65. The smallest absolute Gasteiger partial charge is 0.322 e. The molecule has 5 amide bonds. The minimum atomic E-state index is -1.07. The summed E-state index contributed by atoms with van der Waals surface area (Å²) in [5.74, 6) is -6.03. The molecule has 1 fully saturated rings. The van der Waals surface area contributed by atoms with Gasteiger partial charge in [-0.25, -0.2) is 24.9 Å². The van der Waals surface area contributed by atoms with Crippen LogP contribution in [-0.4, -0.2) is 189 Å². The lowest BCUT2D eigenvalue weighted by Crippen LogP contribution is -2.42. The summed E-state index contributed by atoms with van der Waals surface area (Å²) in [6.45, 7) is 24.1. The topological polar surface area (TPSA) is 421 Å². The van der Waals surface area contributed by atoms with Crippen molar-refractivity contribution < 1.29 is 73.5 Å². The molecule has 0 bridgehead atoms. The number of nitrogens with zero attached hydrogens (tertiary/aromatic N) is 10. The number of carboxylic acids is 5. The molecule has 1 aliphatic carbocycles. The molecule has 1 aliphatic rings. The molecule has 0 unspecified atom stereocenters. The number of nitrogens with one attached hydrogen (secondary N) is 5. The van der Waals surface area contributed by atoms with E-state index >= 15 is 0 Å². The summed E-state index contributed by atoms with van der Waals surface area (Å²) in [5, 5.41) is 71.0. The molecule has 0 aliphatic heterocycles. The first-order valence-corrected chi connectivity index (χ1v) is 48.8. The number of fused-ring (bicyclic) bond motifs is 5. The second-order valence-corrected chi connectivity index (χ2v) is 43.2. The highest BCUT2D eigenvalue weighted by molar-refractivity contribution is 8.02. The van der Waals surface area contributed by atoms with Crippen molar-refractivity contribution in [1.82, 2.24) is 74.3 Å². The molecule has 15 aromatic rings. The molecule has 10 aromatic carbocycles. The standard InChI is InChI=1S/C22H23N3O3S.C22H25N3O3S.C21H23N3O3S.C20H21N3O3S.C19H19N3O3S/c1-22(2,20(28)24-13-19(26)27)29-21-23-11-12-25(21)18-10-9-15(14-7-8-14)16-5-3-4-6-17(16)18;1-14(2)15-9-10-18(17-8-6-5-7-16(15)17)25-12-11-23-21(25)29-22(3,4)20(28)24-13-19(26)27;1-4-14-9-10-17(16-8-6-5-7-15(14)16)24-12-11-22-20(24)28-21(2,3)19(27)23-13-18(25)26;1-13-8-9-16(15-7-5-4-6-14(13)15)23-11-10-21-19(23)27-20(2,3)18(26)22-12-17(24)25;1-19(2,17(25)21-12-16(23)24)26-18-20-10-11-22(18)15-9-5-7-13-6-3-4-8-14(13)15/h3-6,9-12,14H,7-8,13H2,1-2H3,(H,24,28)(H,26,27);5-12,14H,13H2,1-4H3,(H,24,28)(H,26,27);5-12H,4,13H2,1-3H3,(H,23,27)(H,25,26);4-11H,12H2,1-3H3,(H,22,26)(H,24,25);3-11H,12H2,1-2H3,(H,21,25)(H,23,24). The van der Waals surface area contributed by atoms with Gasteiger partial charge in [0, 0.05) is 88.9 Å². The SMILES string of the molecule is CC(C)(Sc1nccn1-c1ccc(C2CC2)c2ccccc12)C(=O)NCC(=O)O.CC(C)(Sc1nccn1-c1cccc2ccccc12)C(=O)NCC(=O)O.CC(C)c1ccc(-n2ccnc2SC(C)(C)C(=O)NCC(=O)O)c2ccccc12.CCc1ccc(-n2ccnc2SC(C)(C)C(=O)NCC(=O)O)c2ccccc12.Cc1ccc(-n2ccnc2SC(C)(C)C(=O)NCC(=O)O)c2ccccc12. The molecule has 0 saturated heterocycles. The monoisotopic (exact) mass is 1970 g/mol. The molecule has 1 saturated carbocycles. The number of hydrogen-bond acceptors (Lipinski definition) is 20. The van der Waals surface area contributed by atoms with E-state index < -0.39 is 86.3 Å². The molecular weight excluding hydrogens is 1860 g/mol. The van der Waals surface area contributed by atoms with Gasteiger partial charge in [0.25, 0.3) is 0 Å². The summed E-state index contributed by atoms with van der Waals surface area (Å²) in [4.78, 5) is 138. The normalized spacial score (nSPS) is 12.1. The van der Waals surface area contributed by atoms with Crippen LogP contribution in [0.25, 0.3) is 82.3 Å². The van der Waals surface area contributed by atoms with Gasteiger partial charge in [0.15, 0.2) is 25.8 Å². The van der Waals surface area contributed by atoms with Gasteiger partial charge < -0.3 is 52.1 Å². The Kier molecular flexibility index (Phi) is 34.0. The molecule has 30 nitrogen and oxygen atoms in total. The number of rotatable bonds is 33. The Bertz CT molecular complexity index is 6900. The largest absolute Gasteiger partial charge is 0.480 e. The fourth-order valence-electron chi connectivity index (χ4n) is 15.2.